The van der Waals surface area contributed by atoms with Gasteiger partial charge in [-0.2, -0.15) is 0 Å². The van der Waals surface area contributed by atoms with Gasteiger partial charge in [0.2, 0.25) is 0 Å². The van der Waals surface area contributed by atoms with Gasteiger partial charge >= 0.3 is 5.97 Å². The zero-order valence-corrected chi connectivity index (χ0v) is 15.3. The fourth-order valence-corrected chi connectivity index (χ4v) is 6.80. The van der Waals surface area contributed by atoms with E-state index in [1.54, 1.807) is 0 Å². The number of hydrogen-bond acceptors (Lipinski definition) is 3. The molecule has 0 radical (unpaired) electrons. The molecule has 3 aliphatic carbocycles. The van der Waals surface area contributed by atoms with Gasteiger partial charge in [-0.1, -0.05) is 13.8 Å². The van der Waals surface area contributed by atoms with Crippen LogP contribution in [0.1, 0.15) is 72.1 Å². The minimum absolute atomic E-state index is 0.0870. The zero-order valence-electron chi connectivity index (χ0n) is 15.3. The van der Waals surface area contributed by atoms with Gasteiger partial charge in [-0.3, -0.25) is 9.59 Å². The summed E-state index contributed by atoms with van der Waals surface area (Å²) in [6, 6.07) is 0. The van der Waals surface area contributed by atoms with Crippen LogP contribution in [-0.4, -0.2) is 28.1 Å². The second-order valence-electron chi connectivity index (χ2n) is 9.12. The molecule has 3 saturated carbocycles. The first-order chi connectivity index (χ1) is 11.2. The number of aliphatic carboxylic acids is 1. The topological polar surface area (TPSA) is 74.6 Å². The molecule has 0 amide bonds. The number of carbonyl (C=O) groups is 2. The molecule has 2 N–H and O–H groups in total. The van der Waals surface area contributed by atoms with Crippen molar-refractivity contribution in [3.8, 4) is 0 Å². The summed E-state index contributed by atoms with van der Waals surface area (Å²) in [7, 11) is 0. The third-order valence-corrected chi connectivity index (χ3v) is 8.11. The van der Waals surface area contributed by atoms with Crippen molar-refractivity contribution in [2.75, 3.05) is 0 Å². The predicted molar refractivity (Wildman–Crippen MR) is 91.4 cm³/mol. The second kappa shape index (κ2) is 6.12. The molecule has 0 aliphatic heterocycles. The van der Waals surface area contributed by atoms with Crippen molar-refractivity contribution >= 4 is 11.8 Å². The number of rotatable bonds is 4. The maximum atomic E-state index is 12.7. The average Bonchev–Trinajstić information content (AvgIpc) is 2.86. The molecule has 0 bridgehead atoms. The molecule has 7 atom stereocenters. The number of ketones is 1. The molecule has 0 aromatic heterocycles. The van der Waals surface area contributed by atoms with E-state index in [0.717, 1.165) is 32.1 Å². The van der Waals surface area contributed by atoms with Crippen LogP contribution in [0.25, 0.3) is 0 Å². The second-order valence-corrected chi connectivity index (χ2v) is 9.12. The van der Waals surface area contributed by atoms with Crippen molar-refractivity contribution in [2.45, 2.75) is 78.2 Å². The molecule has 3 fully saturated rings. The van der Waals surface area contributed by atoms with E-state index in [9.17, 15) is 14.7 Å². The van der Waals surface area contributed by atoms with E-state index >= 15 is 0 Å². The van der Waals surface area contributed by atoms with Crippen molar-refractivity contribution < 1.29 is 19.8 Å². The molecule has 4 heteroatoms. The number of carbonyl (C=O) groups excluding carboxylic acids is 1. The Labute approximate surface area is 145 Å². The van der Waals surface area contributed by atoms with Gasteiger partial charge in [0.15, 0.2) is 0 Å². The number of hydrogen-bond donors (Lipinski definition) is 2. The predicted octanol–water partition coefficient (Wildman–Crippen LogP) is 3.66. The van der Waals surface area contributed by atoms with Gasteiger partial charge in [-0.25, -0.2) is 0 Å². The van der Waals surface area contributed by atoms with E-state index in [4.69, 9.17) is 5.11 Å². The summed E-state index contributed by atoms with van der Waals surface area (Å²) < 4.78 is 0. The molecular formula is C20H32O4. The SMILES string of the molecule is C[C@H](O)[C@H]1CC[C@H]2C3CCC(=O)[C@@](C)(CCC(=O)O)[C@@H]3CC[C@]12C. The molecule has 1 unspecified atom stereocenters. The van der Waals surface area contributed by atoms with E-state index in [-0.39, 0.29) is 23.7 Å². The number of carboxylic acid groups (broad SMARTS) is 1. The van der Waals surface area contributed by atoms with Gasteiger partial charge < -0.3 is 10.2 Å². The first kappa shape index (κ1) is 17.9. The highest BCUT2D eigenvalue weighted by molar-refractivity contribution is 5.86. The van der Waals surface area contributed by atoms with Crippen molar-refractivity contribution in [3.05, 3.63) is 0 Å². The standard InChI is InChI=1S/C20H32O4/c1-12(21)14-5-6-15-13-4-7-17(22)20(3,11-9-18(23)24)16(13)8-10-19(14,15)2/h12-16,21H,4-11H2,1-3H3,(H,23,24)/t12-,13?,14+,15-,16+,19+,20-/m0/s1. The average molecular weight is 336 g/mol. The Kier molecular flexibility index (Phi) is 4.57. The van der Waals surface area contributed by atoms with Crippen molar-refractivity contribution in [3.63, 3.8) is 0 Å². The molecule has 0 heterocycles. The summed E-state index contributed by atoms with van der Waals surface area (Å²) >= 11 is 0. The smallest absolute Gasteiger partial charge is 0.303 e. The van der Waals surface area contributed by atoms with Gasteiger partial charge in [-0.05, 0) is 74.5 Å². The summed E-state index contributed by atoms with van der Waals surface area (Å²) in [5.41, 5.74) is -0.283. The molecule has 0 spiro atoms. The van der Waals surface area contributed by atoms with Crippen LogP contribution in [0.4, 0.5) is 0 Å². The van der Waals surface area contributed by atoms with Gasteiger partial charge in [0.05, 0.1) is 6.10 Å². The monoisotopic (exact) mass is 336 g/mol. The van der Waals surface area contributed by atoms with Crippen LogP contribution in [0.3, 0.4) is 0 Å². The van der Waals surface area contributed by atoms with E-state index in [0.29, 0.717) is 36.5 Å². The van der Waals surface area contributed by atoms with Crippen molar-refractivity contribution in [2.24, 2.45) is 34.5 Å². The maximum absolute atomic E-state index is 12.7. The van der Waals surface area contributed by atoms with E-state index < -0.39 is 11.4 Å². The number of fused-ring (bicyclic) bond motifs is 3. The van der Waals surface area contributed by atoms with Crippen LogP contribution in [0.5, 0.6) is 0 Å². The number of aliphatic hydroxyl groups is 1. The van der Waals surface area contributed by atoms with Gasteiger partial charge in [0, 0.05) is 18.3 Å². The minimum atomic E-state index is -0.804. The van der Waals surface area contributed by atoms with Crippen LogP contribution in [0, 0.1) is 34.5 Å². The first-order valence-electron chi connectivity index (χ1n) is 9.63. The van der Waals surface area contributed by atoms with Crippen LogP contribution in [0.2, 0.25) is 0 Å². The number of aliphatic hydroxyl groups excluding tert-OH is 1. The lowest BCUT2D eigenvalue weighted by molar-refractivity contribution is -0.149. The fraction of sp³-hybridized carbons (Fsp3) is 0.900. The van der Waals surface area contributed by atoms with Crippen molar-refractivity contribution in [1.29, 1.82) is 0 Å². The number of Topliss-reactive ketones (excluding diaryl/α,β-unsaturated/α-hetero) is 1. The molecule has 0 saturated heterocycles. The Morgan fingerprint density at radius 2 is 1.92 bits per heavy atom. The van der Waals surface area contributed by atoms with E-state index in [1.165, 1.54) is 0 Å². The fourth-order valence-electron chi connectivity index (χ4n) is 6.80. The Morgan fingerprint density at radius 3 is 2.54 bits per heavy atom. The Bertz CT molecular complexity index is 528. The van der Waals surface area contributed by atoms with Gasteiger partial charge in [0.25, 0.3) is 0 Å². The summed E-state index contributed by atoms with van der Waals surface area (Å²) in [5, 5.41) is 19.3. The van der Waals surface area contributed by atoms with Crippen LogP contribution in [-0.2, 0) is 9.59 Å². The highest BCUT2D eigenvalue weighted by atomic mass is 16.4. The van der Waals surface area contributed by atoms with Gasteiger partial charge in [-0.15, -0.1) is 0 Å². The molecule has 0 aromatic rings. The van der Waals surface area contributed by atoms with Crippen LogP contribution in [0.15, 0.2) is 0 Å². The first-order valence-corrected chi connectivity index (χ1v) is 9.63. The van der Waals surface area contributed by atoms with Gasteiger partial charge in [0.1, 0.15) is 5.78 Å². The van der Waals surface area contributed by atoms with E-state index in [1.807, 2.05) is 13.8 Å². The maximum Gasteiger partial charge on any atom is 0.303 e. The summed E-state index contributed by atoms with van der Waals surface area (Å²) in [6.07, 6.45) is 6.16. The van der Waals surface area contributed by atoms with Crippen LogP contribution < -0.4 is 0 Å². The van der Waals surface area contributed by atoms with Crippen LogP contribution >= 0.6 is 0 Å². The molecule has 136 valence electrons. The summed E-state index contributed by atoms with van der Waals surface area (Å²) in [6.45, 7) is 6.30. The lowest BCUT2D eigenvalue weighted by Gasteiger charge is -2.56. The number of carboxylic acids is 1. The van der Waals surface area contributed by atoms with Crippen molar-refractivity contribution in [1.82, 2.24) is 0 Å². The lowest BCUT2D eigenvalue weighted by atomic mass is 9.48. The minimum Gasteiger partial charge on any atom is -0.481 e. The largest absolute Gasteiger partial charge is 0.481 e. The third kappa shape index (κ3) is 2.61. The molecule has 24 heavy (non-hydrogen) atoms. The normalized spacial score (nSPS) is 46.2. The quantitative estimate of drug-likeness (QED) is 0.821. The van der Waals surface area contributed by atoms with E-state index in [2.05, 4.69) is 6.92 Å². The molecule has 0 aromatic carbocycles. The molecule has 4 nitrogen and oxygen atoms in total. The zero-order chi connectivity index (χ0) is 17.7. The highest BCUT2D eigenvalue weighted by Crippen LogP contribution is 2.65. The lowest BCUT2D eigenvalue weighted by Crippen LogP contribution is -2.53. The Morgan fingerprint density at radius 1 is 1.21 bits per heavy atom. The Balaban J connectivity index is 1.86. The third-order valence-electron chi connectivity index (χ3n) is 8.11. The molecular weight excluding hydrogens is 304 g/mol. The summed E-state index contributed by atoms with van der Waals surface area (Å²) in [4.78, 5) is 23.8. The molecule has 3 aliphatic rings. The summed E-state index contributed by atoms with van der Waals surface area (Å²) in [5.74, 6) is 1.26. The molecule has 3 rings (SSSR count). The highest BCUT2D eigenvalue weighted by Gasteiger charge is 2.59. The Hall–Kier alpha value is -0.900.